The van der Waals surface area contributed by atoms with E-state index in [2.05, 4.69) is 93.1 Å². The molecule has 8 aromatic rings. The van der Waals surface area contributed by atoms with Gasteiger partial charge in [-0.15, -0.1) is 0 Å². The molecule has 0 aliphatic carbocycles. The maximum absolute atomic E-state index is 16.5. The van der Waals surface area contributed by atoms with Crippen LogP contribution in [0.1, 0.15) is 110 Å². The summed E-state index contributed by atoms with van der Waals surface area (Å²) in [5, 5.41) is 0. The molecule has 2 nitrogen and oxygen atoms in total. The van der Waals surface area contributed by atoms with Gasteiger partial charge in [0.05, 0.1) is 24.1 Å². The molecular formula is C66H69F6N2+. The first-order chi connectivity index (χ1) is 35.1. The molecule has 0 radical (unpaired) electrons. The Kier molecular flexibility index (Phi) is 15.7. The molecule has 0 aliphatic rings. The van der Waals surface area contributed by atoms with Gasteiger partial charge in [0.2, 0.25) is 0 Å². The number of hydrogen-bond donors (Lipinski definition) is 0. The lowest BCUT2D eigenvalue weighted by atomic mass is 9.70. The van der Waals surface area contributed by atoms with Crippen molar-refractivity contribution < 1.29 is 30.9 Å². The molecule has 1 atom stereocenters. The number of halogens is 6. The largest absolute Gasteiger partial charge is 0.402 e. The molecule has 0 bridgehead atoms. The van der Waals surface area contributed by atoms with Crippen molar-refractivity contribution in [3.63, 3.8) is 0 Å². The number of aromatic nitrogens is 2. The quantitative estimate of drug-likeness (QED) is 0.0488. The predicted molar refractivity (Wildman–Crippen MR) is 292 cm³/mol. The highest BCUT2D eigenvalue weighted by Crippen LogP contribution is 2.51. The molecule has 0 saturated carbocycles. The second-order valence-electron chi connectivity index (χ2n) is 21.0. The van der Waals surface area contributed by atoms with Gasteiger partial charge in [0.15, 0.2) is 0 Å². The molecule has 0 N–H and O–H groups in total. The van der Waals surface area contributed by atoms with Gasteiger partial charge in [-0.2, -0.15) is 26.3 Å². The fourth-order valence-corrected chi connectivity index (χ4v) is 10.9. The zero-order valence-corrected chi connectivity index (χ0v) is 44.3. The summed E-state index contributed by atoms with van der Waals surface area (Å²) >= 11 is 0. The van der Waals surface area contributed by atoms with Gasteiger partial charge >= 0.3 is 12.4 Å². The highest BCUT2D eigenvalue weighted by molar-refractivity contribution is 5.75. The third-order valence-corrected chi connectivity index (χ3v) is 15.6. The molecule has 0 fully saturated rings. The predicted octanol–water partition coefficient (Wildman–Crippen LogP) is 18.7. The van der Waals surface area contributed by atoms with Crippen molar-refractivity contribution >= 4 is 0 Å². The molecule has 0 aliphatic heterocycles. The van der Waals surface area contributed by atoms with Crippen LogP contribution in [0, 0.1) is 41.5 Å². The van der Waals surface area contributed by atoms with Crippen molar-refractivity contribution in [2.45, 2.75) is 137 Å². The van der Waals surface area contributed by atoms with E-state index in [1.54, 1.807) is 48.5 Å². The van der Waals surface area contributed by atoms with Crippen molar-refractivity contribution in [2.75, 3.05) is 0 Å². The summed E-state index contributed by atoms with van der Waals surface area (Å²) in [6.45, 7) is 19.0. The van der Waals surface area contributed by atoms with E-state index in [1.165, 1.54) is 65.4 Å². The zero-order chi connectivity index (χ0) is 53.2. The van der Waals surface area contributed by atoms with Crippen molar-refractivity contribution in [1.82, 2.24) is 4.57 Å². The number of benzene rings is 7. The molecule has 74 heavy (non-hydrogen) atoms. The molecule has 1 aromatic heterocycles. The highest BCUT2D eigenvalue weighted by atomic mass is 19.4. The number of unbranched alkanes of at least 4 members (excludes halogenated alkanes) is 3. The lowest BCUT2D eigenvalue weighted by Crippen LogP contribution is -2.43. The molecule has 1 heterocycles. The average molecular weight is 1000 g/mol. The van der Waals surface area contributed by atoms with Gasteiger partial charge in [-0.3, -0.25) is 0 Å². The van der Waals surface area contributed by atoms with Crippen molar-refractivity contribution in [3.05, 3.63) is 208 Å². The SMILES string of the molecule is CCCCn1c(C)c(C)[n+](CCCCCC(c2ccc(-c3cccc(-c4ccc(C)cc4)c3)cc2)(c2ccc(-c3cccc(-c4ccc(C(C)(C)C(F)(F)F)cc4)c3)cc2)C(F)(F)F)c1-c1c(C)cc(C)cc1C. The van der Waals surface area contributed by atoms with E-state index >= 15 is 13.2 Å². The Bertz CT molecular complexity index is 3190. The normalized spacial score (nSPS) is 13.1. The monoisotopic (exact) mass is 1000 g/mol. The number of rotatable bonds is 17. The second kappa shape index (κ2) is 21.7. The Morgan fingerprint density at radius 3 is 1.30 bits per heavy atom. The van der Waals surface area contributed by atoms with E-state index in [9.17, 15) is 13.2 Å². The summed E-state index contributed by atoms with van der Waals surface area (Å²) in [7, 11) is 0. The summed E-state index contributed by atoms with van der Waals surface area (Å²) in [6.07, 6.45) is -5.44. The maximum atomic E-state index is 16.5. The van der Waals surface area contributed by atoms with Crippen molar-refractivity contribution in [3.8, 4) is 55.9 Å². The molecule has 8 heteroatoms. The summed E-state index contributed by atoms with van der Waals surface area (Å²) in [4.78, 5) is 0. The Morgan fingerprint density at radius 2 is 0.878 bits per heavy atom. The van der Waals surface area contributed by atoms with Crippen molar-refractivity contribution in [2.24, 2.45) is 0 Å². The Hall–Kier alpha value is -6.67. The van der Waals surface area contributed by atoms with E-state index in [1.807, 2.05) is 61.5 Å². The van der Waals surface area contributed by atoms with E-state index in [4.69, 9.17) is 0 Å². The molecule has 7 aromatic carbocycles. The van der Waals surface area contributed by atoms with Gasteiger partial charge in [0, 0.05) is 13.8 Å². The number of aryl methyl sites for hydroxylation is 4. The van der Waals surface area contributed by atoms with Gasteiger partial charge in [-0.25, -0.2) is 9.13 Å². The minimum absolute atomic E-state index is 0.141. The van der Waals surface area contributed by atoms with Crippen LogP contribution in [0.4, 0.5) is 26.3 Å². The first-order valence-electron chi connectivity index (χ1n) is 26.1. The number of hydrogen-bond acceptors (Lipinski definition) is 0. The summed E-state index contributed by atoms with van der Waals surface area (Å²) in [5.74, 6) is 1.17. The lowest BCUT2D eigenvalue weighted by Gasteiger charge is -2.37. The van der Waals surface area contributed by atoms with E-state index in [0.29, 0.717) is 25.8 Å². The topological polar surface area (TPSA) is 8.81 Å². The van der Waals surface area contributed by atoms with Crippen molar-refractivity contribution in [1.29, 1.82) is 0 Å². The summed E-state index contributed by atoms with van der Waals surface area (Å²) in [6, 6.07) is 48.6. The number of alkyl halides is 6. The Balaban J connectivity index is 1.12. The number of imidazole rings is 1. The van der Waals surface area contributed by atoms with E-state index in [0.717, 1.165) is 69.5 Å². The van der Waals surface area contributed by atoms with Crippen LogP contribution in [0.2, 0.25) is 0 Å². The van der Waals surface area contributed by atoms with Gasteiger partial charge in [0.25, 0.3) is 5.82 Å². The molecule has 384 valence electrons. The minimum atomic E-state index is -4.65. The van der Waals surface area contributed by atoms with Gasteiger partial charge in [-0.1, -0.05) is 176 Å². The van der Waals surface area contributed by atoms with Crippen LogP contribution >= 0.6 is 0 Å². The average Bonchev–Trinajstić information content (AvgIpc) is 3.60. The summed E-state index contributed by atoms with van der Waals surface area (Å²) < 4.78 is 95.9. The van der Waals surface area contributed by atoms with Crippen LogP contribution in [0.15, 0.2) is 158 Å². The first-order valence-corrected chi connectivity index (χ1v) is 26.1. The highest BCUT2D eigenvalue weighted by Gasteiger charge is 2.56. The fraction of sp³-hybridized carbons (Fsp3) is 0.318. The van der Waals surface area contributed by atoms with Crippen LogP contribution in [0.25, 0.3) is 55.9 Å². The lowest BCUT2D eigenvalue weighted by molar-refractivity contribution is -0.691. The Morgan fingerprint density at radius 1 is 0.446 bits per heavy atom. The van der Waals surface area contributed by atoms with Crippen LogP contribution in [-0.2, 0) is 23.9 Å². The molecule has 1 unspecified atom stereocenters. The minimum Gasteiger partial charge on any atom is -0.227 e. The van der Waals surface area contributed by atoms with Crippen LogP contribution in [0.5, 0.6) is 0 Å². The van der Waals surface area contributed by atoms with Gasteiger partial charge in [0.1, 0.15) is 16.8 Å². The zero-order valence-electron chi connectivity index (χ0n) is 44.3. The molecular weight excluding hydrogens is 935 g/mol. The molecule has 8 rings (SSSR count). The van der Waals surface area contributed by atoms with Crippen LogP contribution in [-0.4, -0.2) is 16.9 Å². The maximum Gasteiger partial charge on any atom is 0.402 e. The van der Waals surface area contributed by atoms with Crippen LogP contribution in [0.3, 0.4) is 0 Å². The second-order valence-corrected chi connectivity index (χ2v) is 21.0. The van der Waals surface area contributed by atoms with E-state index < -0.39 is 23.2 Å². The third-order valence-electron chi connectivity index (χ3n) is 15.6. The molecule has 0 spiro atoms. The summed E-state index contributed by atoms with van der Waals surface area (Å²) in [5.41, 5.74) is 11.5. The standard InChI is InChI=1S/C66H69F6N2/c1-10-11-38-73-48(6)49(7)74(62(73)61-46(4)40-45(3)41-47(61)5)39-14-12-13-37-64(66(70,71)72,59-33-27-52(28-34-59)56-19-15-17-54(42-56)50-23-21-44(2)22-24-50)60-35-29-53(30-36-60)57-20-16-18-55(43-57)51-25-31-58(32-26-51)63(8,9)65(67,68)69/h15-36,40-43H,10-14,37-39H2,1-9H3/q+1. The first kappa shape index (κ1) is 53.6. The molecule has 0 amide bonds. The van der Waals surface area contributed by atoms with E-state index in [-0.39, 0.29) is 23.1 Å². The Labute approximate surface area is 434 Å². The number of nitrogens with zero attached hydrogens (tertiary/aromatic N) is 2. The van der Waals surface area contributed by atoms with Gasteiger partial charge in [-0.05, 0) is 152 Å². The fourth-order valence-electron chi connectivity index (χ4n) is 10.9. The smallest absolute Gasteiger partial charge is 0.227 e. The molecule has 0 saturated heterocycles. The third kappa shape index (κ3) is 10.8. The van der Waals surface area contributed by atoms with Gasteiger partial charge < -0.3 is 0 Å². The van der Waals surface area contributed by atoms with Crippen LogP contribution < -0.4 is 4.57 Å².